The number of rotatable bonds is 16. The Labute approximate surface area is 269 Å². The predicted molar refractivity (Wildman–Crippen MR) is 211 cm³/mol. The van der Waals surface area contributed by atoms with E-state index in [0.717, 1.165) is 12.7 Å². The van der Waals surface area contributed by atoms with Crippen LogP contribution >= 0.6 is 0 Å². The van der Waals surface area contributed by atoms with Crippen LogP contribution in [0.3, 0.4) is 0 Å². The first kappa shape index (κ1) is 40.6. The van der Waals surface area contributed by atoms with Gasteiger partial charge in [-0.05, 0) is 12.0 Å². The maximum Gasteiger partial charge on any atom is 0.158 e. The van der Waals surface area contributed by atoms with Crippen molar-refractivity contribution in [3.05, 3.63) is 35.9 Å². The van der Waals surface area contributed by atoms with Gasteiger partial charge in [0.25, 0.3) is 0 Å². The highest BCUT2D eigenvalue weighted by Crippen LogP contribution is 2.43. The first-order valence-electron chi connectivity index (χ1n) is 16.4. The van der Waals surface area contributed by atoms with Crippen molar-refractivity contribution in [2.45, 2.75) is 156 Å². The summed E-state index contributed by atoms with van der Waals surface area (Å²) in [7, 11) is -9.99. The fraction of sp³-hybridized carbons (Fsp3) is 0.774. The van der Waals surface area contributed by atoms with Crippen LogP contribution in [0.1, 0.15) is 31.2 Å². The lowest BCUT2D eigenvalue weighted by Crippen LogP contribution is -2.85. The van der Waals surface area contributed by atoms with Gasteiger partial charge in [-0.1, -0.05) is 155 Å². The Bertz CT molecular complexity index is 935. The van der Waals surface area contributed by atoms with Crippen molar-refractivity contribution < 1.29 is 13.6 Å². The Morgan fingerprint density at radius 3 is 1.21 bits per heavy atom. The Balaban J connectivity index is 3.98. The normalized spacial score (nSPS) is 17.1. The molecule has 0 spiro atoms. The predicted octanol–water partition coefficient (Wildman–Crippen LogP) is 9.93. The van der Waals surface area contributed by atoms with Gasteiger partial charge >= 0.3 is 0 Å². The van der Waals surface area contributed by atoms with E-state index in [2.05, 4.69) is 155 Å². The number of carbonyl (C=O) groups is 1. The van der Waals surface area contributed by atoms with Crippen LogP contribution in [0.5, 0.6) is 0 Å². The second kappa shape index (κ2) is 13.7. The minimum absolute atomic E-state index is 0.0609. The third kappa shape index (κ3) is 8.27. The van der Waals surface area contributed by atoms with E-state index in [1.807, 2.05) is 0 Å². The maximum atomic E-state index is 12.4. The van der Waals surface area contributed by atoms with Gasteiger partial charge in [-0.25, -0.2) is 0 Å². The molecule has 1 aromatic rings. The molecule has 0 bridgehead atoms. The quantitative estimate of drug-likeness (QED) is 0.126. The van der Waals surface area contributed by atoms with Gasteiger partial charge in [-0.3, -0.25) is 0 Å². The summed E-state index contributed by atoms with van der Waals surface area (Å²) < 4.78 is 15.9. The topological polar surface area (TPSA) is 35.5 Å². The summed E-state index contributed by atoms with van der Waals surface area (Å²) in [5.41, 5.74) is 1.35. The molecular formula is C31H70O3Si8. The Hall–Kier alpha value is 0.545. The Kier molecular flexibility index (Phi) is 13.3. The molecule has 1 rings (SSSR count). The molecule has 0 radical (unpaired) electrons. The van der Waals surface area contributed by atoms with Crippen LogP contribution in [0.4, 0.5) is 0 Å². The lowest BCUT2D eigenvalue weighted by Gasteiger charge is -2.59. The molecular weight excluding hydrogens is 645 g/mol. The molecule has 42 heavy (non-hydrogen) atoms. The van der Waals surface area contributed by atoms with Crippen molar-refractivity contribution in [1.29, 1.82) is 0 Å². The summed E-state index contributed by atoms with van der Waals surface area (Å²) in [6, 6.07) is 11.0. The molecule has 0 aliphatic carbocycles. The third-order valence-corrected chi connectivity index (χ3v) is 145. The van der Waals surface area contributed by atoms with Crippen LogP contribution in [-0.4, -0.2) is 77.8 Å². The van der Waals surface area contributed by atoms with Crippen molar-refractivity contribution in [2.75, 3.05) is 0 Å². The van der Waals surface area contributed by atoms with Gasteiger partial charge in [-0.15, -0.1) is 0 Å². The van der Waals surface area contributed by atoms with Gasteiger partial charge in [0.05, 0.1) is 57.8 Å². The molecule has 0 saturated heterocycles. The number of benzene rings is 1. The molecule has 3 nitrogen and oxygen atoms in total. The molecule has 0 N–H and O–H groups in total. The van der Waals surface area contributed by atoms with Crippen molar-refractivity contribution >= 4 is 65.6 Å². The van der Waals surface area contributed by atoms with E-state index in [1.165, 1.54) is 5.56 Å². The molecule has 1 aromatic carbocycles. The van der Waals surface area contributed by atoms with E-state index in [-0.39, 0.29) is 18.1 Å². The van der Waals surface area contributed by atoms with Crippen LogP contribution in [0.25, 0.3) is 0 Å². The first-order chi connectivity index (χ1) is 18.5. The lowest BCUT2D eigenvalue weighted by molar-refractivity contribution is -0.109. The average Bonchev–Trinajstić information content (AvgIpc) is 2.74. The molecule has 0 saturated carbocycles. The van der Waals surface area contributed by atoms with Gasteiger partial charge in [0, 0.05) is 12.3 Å². The molecule has 3 atom stereocenters. The second-order valence-corrected chi connectivity index (χ2v) is 98.0. The first-order valence-corrected chi connectivity index (χ1v) is 47.2. The maximum absolute atomic E-state index is 12.4. The fourth-order valence-corrected chi connectivity index (χ4v) is 198. The van der Waals surface area contributed by atoms with Gasteiger partial charge in [0.2, 0.25) is 0 Å². The van der Waals surface area contributed by atoms with Gasteiger partial charge in [0.15, 0.2) is 13.7 Å². The van der Waals surface area contributed by atoms with Gasteiger partial charge in [-0.2, -0.15) is 0 Å². The number of hydrogen-bond acceptors (Lipinski definition) is 3. The molecule has 11 heteroatoms. The van der Waals surface area contributed by atoms with Crippen LogP contribution in [0.15, 0.2) is 30.3 Å². The van der Waals surface area contributed by atoms with Crippen LogP contribution < -0.4 is 0 Å². The van der Waals surface area contributed by atoms with E-state index in [0.29, 0.717) is 6.42 Å². The second-order valence-electron chi connectivity index (χ2n) is 19.1. The molecule has 0 unspecified atom stereocenters. The number of carbonyl (C=O) groups excluding carboxylic acids is 1. The molecule has 0 heterocycles. The van der Waals surface area contributed by atoms with Crippen molar-refractivity contribution in [3.8, 4) is 0 Å². The third-order valence-electron chi connectivity index (χ3n) is 9.75. The van der Waals surface area contributed by atoms with E-state index in [9.17, 15) is 4.79 Å². The smallest absolute Gasteiger partial charge is 0.158 e. The largest absolute Gasteiger partial charge is 0.422 e. The Morgan fingerprint density at radius 2 is 0.905 bits per heavy atom. The van der Waals surface area contributed by atoms with E-state index >= 15 is 0 Å². The number of hydrogen-bond donors (Lipinski definition) is 0. The SMILES string of the molecule is C[C@@H](c1ccccc1)[C@H](C[C@H](CC=O)O[Si]([Si](C)(C)C)([Si](C)(C)C)[Si](C)(C)C)O[Si]([Si](C)(C)C)([Si](C)(C)C)[Si](C)(C)C. The zero-order valence-corrected chi connectivity index (χ0v) is 39.3. The standard InChI is InChI=1S/C31H70O3Si8/c1-28(29-23-21-20-22-24-29)31(34-42(38(11,12)13,39(14,15)16)40(17,18)19)27-30(25-26-32)33-41(35(2,3)4,36(5,6)7)37(8,9)10/h20-24,26,28,30-31H,25,27H2,1-19H3/t28-,30-,31-/m0/s1. The van der Waals surface area contributed by atoms with E-state index in [4.69, 9.17) is 8.85 Å². The van der Waals surface area contributed by atoms with Gasteiger partial charge < -0.3 is 13.6 Å². The molecule has 0 aromatic heterocycles. The highest BCUT2D eigenvalue weighted by Gasteiger charge is 2.66. The molecule has 0 aliphatic rings. The van der Waals surface area contributed by atoms with Crippen LogP contribution in [-0.2, 0) is 13.6 Å². The minimum atomic E-state index is -2.11. The molecule has 0 amide bonds. The van der Waals surface area contributed by atoms with Crippen molar-refractivity contribution in [3.63, 3.8) is 0 Å². The molecule has 0 fully saturated rings. The van der Waals surface area contributed by atoms with Gasteiger partial charge in [0.1, 0.15) is 6.29 Å². The van der Waals surface area contributed by atoms with Crippen molar-refractivity contribution in [1.82, 2.24) is 0 Å². The van der Waals surface area contributed by atoms with E-state index < -0.39 is 59.3 Å². The van der Waals surface area contributed by atoms with E-state index in [1.54, 1.807) is 0 Å². The summed E-state index contributed by atoms with van der Waals surface area (Å²) in [6.45, 7) is 44.9. The highest BCUT2D eigenvalue weighted by atomic mass is 29.9. The summed E-state index contributed by atoms with van der Waals surface area (Å²) in [5.74, 6) is 0.251. The lowest BCUT2D eigenvalue weighted by atomic mass is 9.91. The molecule has 0 aliphatic heterocycles. The fourth-order valence-electron chi connectivity index (χ4n) is 10.2. The minimum Gasteiger partial charge on any atom is -0.422 e. The zero-order valence-electron chi connectivity index (χ0n) is 31.3. The summed E-state index contributed by atoms with van der Waals surface area (Å²) in [5, 5.41) is 0. The van der Waals surface area contributed by atoms with Crippen molar-refractivity contribution in [2.24, 2.45) is 0 Å². The summed E-state index contributed by atoms with van der Waals surface area (Å²) in [6.07, 6.45) is 2.46. The summed E-state index contributed by atoms with van der Waals surface area (Å²) in [4.78, 5) is 12.4. The average molecular weight is 716 g/mol. The zero-order chi connectivity index (χ0) is 33.4. The van der Waals surface area contributed by atoms with Crippen LogP contribution in [0, 0.1) is 0 Å². The highest BCUT2D eigenvalue weighted by molar-refractivity contribution is 7.88. The number of aldehydes is 1. The Morgan fingerprint density at radius 1 is 0.571 bits per heavy atom. The van der Waals surface area contributed by atoms with Crippen LogP contribution in [0.2, 0.25) is 118 Å². The monoisotopic (exact) mass is 714 g/mol. The molecule has 244 valence electrons. The summed E-state index contributed by atoms with van der Waals surface area (Å²) >= 11 is 0.